The summed E-state index contributed by atoms with van der Waals surface area (Å²) < 4.78 is 2.08. The van der Waals surface area contributed by atoms with Gasteiger partial charge in [-0.1, -0.05) is 60.7 Å². The van der Waals surface area contributed by atoms with Crippen molar-refractivity contribution < 1.29 is 5.11 Å². The quantitative estimate of drug-likeness (QED) is 0.778. The minimum absolute atomic E-state index is 0.502. The molecule has 3 rings (SSSR count). The Labute approximate surface area is 124 Å². The Morgan fingerprint density at radius 2 is 1.62 bits per heavy atom. The molecule has 0 aliphatic heterocycles. The fraction of sp³-hybridized carbons (Fsp3) is 0.167. The SMILES string of the molecule is OC(Cc1cncn1Cc1ccccc1)c1ccccc1. The van der Waals surface area contributed by atoms with Crippen molar-refractivity contribution >= 4 is 0 Å². The molecule has 0 bridgehead atoms. The highest BCUT2D eigenvalue weighted by Crippen LogP contribution is 2.18. The third-order valence-corrected chi connectivity index (χ3v) is 3.58. The monoisotopic (exact) mass is 278 g/mol. The molecule has 106 valence electrons. The predicted octanol–water partition coefficient (Wildman–Crippen LogP) is 3.21. The van der Waals surface area contributed by atoms with E-state index in [9.17, 15) is 5.11 Å². The number of aromatic nitrogens is 2. The summed E-state index contributed by atoms with van der Waals surface area (Å²) in [6.45, 7) is 0.775. The largest absolute Gasteiger partial charge is 0.388 e. The molecule has 2 aromatic carbocycles. The normalized spacial score (nSPS) is 12.2. The lowest BCUT2D eigenvalue weighted by Crippen LogP contribution is -2.08. The van der Waals surface area contributed by atoms with Crippen molar-refractivity contribution in [3.8, 4) is 0 Å². The predicted molar refractivity (Wildman–Crippen MR) is 82.9 cm³/mol. The highest BCUT2D eigenvalue weighted by atomic mass is 16.3. The van der Waals surface area contributed by atoms with Crippen LogP contribution in [0, 0.1) is 0 Å². The maximum Gasteiger partial charge on any atom is 0.0951 e. The third kappa shape index (κ3) is 3.38. The summed E-state index contributed by atoms with van der Waals surface area (Å²) in [6.07, 6.45) is 3.71. The second-order valence-electron chi connectivity index (χ2n) is 5.13. The standard InChI is InChI=1S/C18H18N2O/c21-18(16-9-5-2-6-10-16)11-17-12-19-14-20(17)13-15-7-3-1-4-8-15/h1-10,12,14,18,21H,11,13H2. The van der Waals surface area contributed by atoms with Crippen LogP contribution in [0.3, 0.4) is 0 Å². The van der Waals surface area contributed by atoms with E-state index in [0.717, 1.165) is 17.8 Å². The van der Waals surface area contributed by atoms with Crippen LogP contribution in [-0.2, 0) is 13.0 Å². The van der Waals surface area contributed by atoms with Gasteiger partial charge in [-0.25, -0.2) is 4.98 Å². The zero-order chi connectivity index (χ0) is 14.5. The molecule has 1 N–H and O–H groups in total. The fourth-order valence-electron chi connectivity index (χ4n) is 2.43. The number of hydrogen-bond acceptors (Lipinski definition) is 2. The van der Waals surface area contributed by atoms with Gasteiger partial charge in [0.1, 0.15) is 0 Å². The molecule has 0 aliphatic carbocycles. The average Bonchev–Trinajstić information content (AvgIpc) is 2.96. The summed E-state index contributed by atoms with van der Waals surface area (Å²) in [5.74, 6) is 0. The lowest BCUT2D eigenvalue weighted by molar-refractivity contribution is 0.176. The lowest BCUT2D eigenvalue weighted by atomic mass is 10.1. The van der Waals surface area contributed by atoms with Gasteiger partial charge >= 0.3 is 0 Å². The smallest absolute Gasteiger partial charge is 0.0951 e. The van der Waals surface area contributed by atoms with Crippen molar-refractivity contribution in [1.29, 1.82) is 0 Å². The van der Waals surface area contributed by atoms with Crippen molar-refractivity contribution in [2.45, 2.75) is 19.1 Å². The van der Waals surface area contributed by atoms with E-state index in [1.54, 1.807) is 0 Å². The van der Waals surface area contributed by atoms with Crippen molar-refractivity contribution in [1.82, 2.24) is 9.55 Å². The summed E-state index contributed by atoms with van der Waals surface area (Å²) in [5, 5.41) is 10.3. The summed E-state index contributed by atoms with van der Waals surface area (Å²) in [4.78, 5) is 4.22. The number of imidazole rings is 1. The van der Waals surface area contributed by atoms with Gasteiger partial charge in [0.15, 0.2) is 0 Å². The molecule has 3 aromatic rings. The molecule has 0 spiro atoms. The number of aliphatic hydroxyl groups excluding tert-OH is 1. The Kier molecular flexibility index (Phi) is 4.12. The topological polar surface area (TPSA) is 38.1 Å². The zero-order valence-corrected chi connectivity index (χ0v) is 11.8. The van der Waals surface area contributed by atoms with Gasteiger partial charge in [0.25, 0.3) is 0 Å². The highest BCUT2D eigenvalue weighted by Gasteiger charge is 2.11. The number of nitrogens with zero attached hydrogens (tertiary/aromatic N) is 2. The van der Waals surface area contributed by atoms with E-state index in [0.29, 0.717) is 6.42 Å². The van der Waals surface area contributed by atoms with Crippen LogP contribution in [0.1, 0.15) is 22.9 Å². The zero-order valence-electron chi connectivity index (χ0n) is 11.8. The molecule has 0 aliphatic rings. The van der Waals surface area contributed by atoms with Crippen LogP contribution in [0.15, 0.2) is 73.2 Å². The number of rotatable bonds is 5. The second-order valence-corrected chi connectivity index (χ2v) is 5.13. The molecule has 0 saturated carbocycles. The van der Waals surface area contributed by atoms with Gasteiger partial charge < -0.3 is 9.67 Å². The van der Waals surface area contributed by atoms with Gasteiger partial charge in [-0.05, 0) is 11.1 Å². The molecule has 0 saturated heterocycles. The highest BCUT2D eigenvalue weighted by molar-refractivity contribution is 5.20. The minimum atomic E-state index is -0.502. The Morgan fingerprint density at radius 3 is 2.33 bits per heavy atom. The summed E-state index contributed by atoms with van der Waals surface area (Å²) in [7, 11) is 0. The molecule has 1 atom stereocenters. The molecule has 1 unspecified atom stereocenters. The first-order valence-corrected chi connectivity index (χ1v) is 7.09. The van der Waals surface area contributed by atoms with Crippen LogP contribution in [0.5, 0.6) is 0 Å². The number of benzene rings is 2. The van der Waals surface area contributed by atoms with Gasteiger partial charge in [-0.2, -0.15) is 0 Å². The van der Waals surface area contributed by atoms with E-state index < -0.39 is 6.10 Å². The van der Waals surface area contributed by atoms with E-state index in [-0.39, 0.29) is 0 Å². The van der Waals surface area contributed by atoms with Crippen LogP contribution in [-0.4, -0.2) is 14.7 Å². The van der Waals surface area contributed by atoms with Crippen molar-refractivity contribution in [2.75, 3.05) is 0 Å². The van der Waals surface area contributed by atoms with Crippen molar-refractivity contribution in [2.24, 2.45) is 0 Å². The Hall–Kier alpha value is -2.39. The van der Waals surface area contributed by atoms with E-state index in [4.69, 9.17) is 0 Å². The summed E-state index contributed by atoms with van der Waals surface area (Å²) in [6, 6.07) is 20.0. The first-order valence-electron chi connectivity index (χ1n) is 7.09. The van der Waals surface area contributed by atoms with E-state index in [1.165, 1.54) is 5.56 Å². The van der Waals surface area contributed by atoms with Gasteiger partial charge in [-0.15, -0.1) is 0 Å². The fourth-order valence-corrected chi connectivity index (χ4v) is 2.43. The molecule has 1 aromatic heterocycles. The molecular weight excluding hydrogens is 260 g/mol. The molecule has 0 radical (unpaired) electrons. The van der Waals surface area contributed by atoms with Gasteiger partial charge in [-0.3, -0.25) is 0 Å². The molecule has 3 nitrogen and oxygen atoms in total. The van der Waals surface area contributed by atoms with Gasteiger partial charge in [0.05, 0.1) is 12.4 Å². The molecule has 0 fully saturated rings. The molecule has 3 heteroatoms. The lowest BCUT2D eigenvalue weighted by Gasteiger charge is -2.13. The second kappa shape index (κ2) is 6.37. The van der Waals surface area contributed by atoms with E-state index in [2.05, 4.69) is 21.7 Å². The first kappa shape index (κ1) is 13.6. The van der Waals surface area contributed by atoms with Crippen LogP contribution < -0.4 is 0 Å². The molecule has 21 heavy (non-hydrogen) atoms. The van der Waals surface area contributed by atoms with Gasteiger partial charge in [0.2, 0.25) is 0 Å². The van der Waals surface area contributed by atoms with Crippen LogP contribution in [0.25, 0.3) is 0 Å². The number of aliphatic hydroxyl groups is 1. The van der Waals surface area contributed by atoms with E-state index >= 15 is 0 Å². The number of hydrogen-bond donors (Lipinski definition) is 1. The molecule has 1 heterocycles. The Morgan fingerprint density at radius 1 is 0.952 bits per heavy atom. The maximum absolute atomic E-state index is 10.3. The third-order valence-electron chi connectivity index (χ3n) is 3.58. The minimum Gasteiger partial charge on any atom is -0.388 e. The first-order chi connectivity index (χ1) is 10.3. The van der Waals surface area contributed by atoms with E-state index in [1.807, 2.05) is 61.1 Å². The van der Waals surface area contributed by atoms with Crippen LogP contribution in [0.4, 0.5) is 0 Å². The molecule has 0 amide bonds. The van der Waals surface area contributed by atoms with Crippen molar-refractivity contribution in [3.05, 3.63) is 90.0 Å². The van der Waals surface area contributed by atoms with Crippen LogP contribution in [0.2, 0.25) is 0 Å². The van der Waals surface area contributed by atoms with Crippen LogP contribution >= 0.6 is 0 Å². The Bertz CT molecular complexity index is 677. The maximum atomic E-state index is 10.3. The molecular formula is C18H18N2O. The van der Waals surface area contributed by atoms with Crippen molar-refractivity contribution in [3.63, 3.8) is 0 Å². The average molecular weight is 278 g/mol. The summed E-state index contributed by atoms with van der Waals surface area (Å²) >= 11 is 0. The van der Waals surface area contributed by atoms with Gasteiger partial charge in [0, 0.05) is 24.9 Å². The Balaban J connectivity index is 1.74. The summed E-state index contributed by atoms with van der Waals surface area (Å²) in [5.41, 5.74) is 3.20.